The lowest BCUT2D eigenvalue weighted by atomic mass is 10.1. The highest BCUT2D eigenvalue weighted by molar-refractivity contribution is 9.10. The van der Waals surface area contributed by atoms with Crippen molar-refractivity contribution < 1.29 is 17.9 Å². The molecule has 1 amide bonds. The zero-order chi connectivity index (χ0) is 17.6. The van der Waals surface area contributed by atoms with E-state index in [2.05, 4.69) is 15.9 Å². The van der Waals surface area contributed by atoms with Gasteiger partial charge in [-0.05, 0) is 37.0 Å². The van der Waals surface area contributed by atoms with Crippen molar-refractivity contribution in [2.45, 2.75) is 31.7 Å². The second-order valence-electron chi connectivity index (χ2n) is 6.12. The van der Waals surface area contributed by atoms with Gasteiger partial charge in [0.05, 0.1) is 11.5 Å². The standard InChI is InChI=1S/C17H24BrNO4S/c1-23-10-3-9-19(16-8-11-24(21,22)13-16)17(20)7-6-14-4-2-5-15(18)12-14/h2,4-5,12,16H,3,6-11,13H2,1H3. The Balaban J connectivity index is 1.98. The SMILES string of the molecule is COCCCN(C(=O)CCc1cccc(Br)c1)C1CCS(=O)(=O)C1. The maximum atomic E-state index is 12.7. The van der Waals surface area contributed by atoms with Crippen LogP contribution in [0, 0.1) is 0 Å². The number of carbonyl (C=O) groups excluding carboxylic acids is 1. The summed E-state index contributed by atoms with van der Waals surface area (Å²) in [4.78, 5) is 14.4. The average Bonchev–Trinajstić information content (AvgIpc) is 2.89. The van der Waals surface area contributed by atoms with E-state index in [1.807, 2.05) is 24.3 Å². The van der Waals surface area contributed by atoms with Crippen LogP contribution in [0.5, 0.6) is 0 Å². The van der Waals surface area contributed by atoms with Crippen LogP contribution >= 0.6 is 15.9 Å². The fourth-order valence-electron chi connectivity index (χ4n) is 3.00. The van der Waals surface area contributed by atoms with E-state index in [-0.39, 0.29) is 23.5 Å². The number of hydrogen-bond donors (Lipinski definition) is 0. The highest BCUT2D eigenvalue weighted by Crippen LogP contribution is 2.20. The number of ether oxygens (including phenoxy) is 1. The molecule has 1 aliphatic rings. The normalized spacial score (nSPS) is 19.3. The molecule has 0 saturated carbocycles. The Labute approximate surface area is 152 Å². The van der Waals surface area contributed by atoms with Gasteiger partial charge in [-0.3, -0.25) is 4.79 Å². The molecule has 134 valence electrons. The molecule has 1 heterocycles. The molecule has 0 bridgehead atoms. The molecule has 1 saturated heterocycles. The van der Waals surface area contributed by atoms with Gasteiger partial charge in [0, 0.05) is 37.2 Å². The Kier molecular flexibility index (Phi) is 7.25. The van der Waals surface area contributed by atoms with Gasteiger partial charge in [-0.15, -0.1) is 0 Å². The largest absolute Gasteiger partial charge is 0.385 e. The number of rotatable bonds is 8. The molecule has 0 aromatic heterocycles. The summed E-state index contributed by atoms with van der Waals surface area (Å²) < 4.78 is 29.5. The lowest BCUT2D eigenvalue weighted by molar-refractivity contribution is -0.133. The van der Waals surface area contributed by atoms with E-state index in [0.29, 0.717) is 32.4 Å². The van der Waals surface area contributed by atoms with Crippen molar-refractivity contribution in [3.63, 3.8) is 0 Å². The summed E-state index contributed by atoms with van der Waals surface area (Å²) in [6.07, 6.45) is 2.30. The molecule has 1 aromatic carbocycles. The van der Waals surface area contributed by atoms with Crippen LogP contribution in [0.3, 0.4) is 0 Å². The fourth-order valence-corrected chi connectivity index (χ4v) is 5.18. The minimum Gasteiger partial charge on any atom is -0.385 e. The number of methoxy groups -OCH3 is 1. The van der Waals surface area contributed by atoms with Crippen LogP contribution in [0.15, 0.2) is 28.7 Å². The highest BCUT2D eigenvalue weighted by Gasteiger charge is 2.34. The van der Waals surface area contributed by atoms with Crippen LogP contribution in [-0.4, -0.2) is 57.0 Å². The van der Waals surface area contributed by atoms with Crippen LogP contribution in [0.1, 0.15) is 24.8 Å². The van der Waals surface area contributed by atoms with E-state index in [4.69, 9.17) is 4.74 Å². The smallest absolute Gasteiger partial charge is 0.223 e. The van der Waals surface area contributed by atoms with Gasteiger partial charge in [0.1, 0.15) is 0 Å². The number of sulfone groups is 1. The number of hydrogen-bond acceptors (Lipinski definition) is 4. The summed E-state index contributed by atoms with van der Waals surface area (Å²) in [5.74, 6) is 0.285. The van der Waals surface area contributed by atoms with Crippen molar-refractivity contribution in [2.24, 2.45) is 0 Å². The Morgan fingerprint density at radius 1 is 1.42 bits per heavy atom. The molecule has 1 aromatic rings. The first kappa shape index (κ1) is 19.4. The van der Waals surface area contributed by atoms with Gasteiger partial charge in [0.25, 0.3) is 0 Å². The van der Waals surface area contributed by atoms with E-state index in [0.717, 1.165) is 16.5 Å². The number of nitrogens with zero attached hydrogens (tertiary/aromatic N) is 1. The molecule has 5 nitrogen and oxygen atoms in total. The topological polar surface area (TPSA) is 63.7 Å². The van der Waals surface area contributed by atoms with Gasteiger partial charge in [0.2, 0.25) is 5.91 Å². The number of halogens is 1. The van der Waals surface area contributed by atoms with Gasteiger partial charge < -0.3 is 9.64 Å². The van der Waals surface area contributed by atoms with Crippen molar-refractivity contribution in [1.29, 1.82) is 0 Å². The number of benzene rings is 1. The first-order valence-corrected chi connectivity index (χ1v) is 10.8. The maximum absolute atomic E-state index is 12.7. The van der Waals surface area contributed by atoms with E-state index < -0.39 is 9.84 Å². The molecular formula is C17H24BrNO4S. The monoisotopic (exact) mass is 417 g/mol. The molecule has 0 aliphatic carbocycles. The van der Waals surface area contributed by atoms with Crippen molar-refractivity contribution >= 4 is 31.7 Å². The Hall–Kier alpha value is -0.920. The van der Waals surface area contributed by atoms with E-state index in [1.54, 1.807) is 12.0 Å². The van der Waals surface area contributed by atoms with Gasteiger partial charge in [-0.2, -0.15) is 0 Å². The van der Waals surface area contributed by atoms with Crippen LogP contribution in [-0.2, 0) is 25.8 Å². The summed E-state index contributed by atoms with van der Waals surface area (Å²) >= 11 is 3.43. The third kappa shape index (κ3) is 5.86. The van der Waals surface area contributed by atoms with Crippen molar-refractivity contribution in [3.05, 3.63) is 34.3 Å². The second-order valence-corrected chi connectivity index (χ2v) is 9.26. The summed E-state index contributed by atoms with van der Waals surface area (Å²) in [6, 6.07) is 7.70. The Bertz CT molecular complexity index is 662. The summed E-state index contributed by atoms with van der Waals surface area (Å²) in [5.41, 5.74) is 1.09. The molecule has 1 fully saturated rings. The fraction of sp³-hybridized carbons (Fsp3) is 0.588. The van der Waals surface area contributed by atoms with E-state index >= 15 is 0 Å². The van der Waals surface area contributed by atoms with Crippen molar-refractivity contribution in [1.82, 2.24) is 4.90 Å². The molecule has 1 unspecified atom stereocenters. The Morgan fingerprint density at radius 2 is 2.21 bits per heavy atom. The number of amides is 1. The molecule has 24 heavy (non-hydrogen) atoms. The van der Waals surface area contributed by atoms with E-state index in [9.17, 15) is 13.2 Å². The molecule has 1 aliphatic heterocycles. The summed E-state index contributed by atoms with van der Waals surface area (Å²) in [7, 11) is -1.38. The minimum absolute atomic E-state index is 0.0215. The van der Waals surface area contributed by atoms with Gasteiger partial charge in [-0.25, -0.2) is 8.42 Å². The lowest BCUT2D eigenvalue weighted by Crippen LogP contribution is -2.42. The van der Waals surface area contributed by atoms with Crippen molar-refractivity contribution in [2.75, 3.05) is 31.8 Å². The first-order chi connectivity index (χ1) is 11.4. The molecule has 7 heteroatoms. The van der Waals surface area contributed by atoms with E-state index in [1.165, 1.54) is 0 Å². The summed E-state index contributed by atoms with van der Waals surface area (Å²) in [6.45, 7) is 1.11. The average molecular weight is 418 g/mol. The Morgan fingerprint density at radius 3 is 2.83 bits per heavy atom. The van der Waals surface area contributed by atoms with Gasteiger partial charge in [0.15, 0.2) is 9.84 Å². The van der Waals surface area contributed by atoms with Crippen LogP contribution < -0.4 is 0 Å². The second kappa shape index (κ2) is 8.97. The molecule has 0 spiro atoms. The molecular weight excluding hydrogens is 394 g/mol. The predicted molar refractivity (Wildman–Crippen MR) is 97.7 cm³/mol. The van der Waals surface area contributed by atoms with Gasteiger partial charge in [-0.1, -0.05) is 28.1 Å². The quantitative estimate of drug-likeness (QED) is 0.609. The zero-order valence-corrected chi connectivity index (χ0v) is 16.3. The molecule has 2 rings (SSSR count). The summed E-state index contributed by atoms with van der Waals surface area (Å²) in [5, 5.41) is 0. The predicted octanol–water partition coefficient (Wildman–Crippen LogP) is 2.43. The zero-order valence-electron chi connectivity index (χ0n) is 13.9. The lowest BCUT2D eigenvalue weighted by Gasteiger charge is -2.28. The van der Waals surface area contributed by atoms with Gasteiger partial charge >= 0.3 is 0 Å². The van der Waals surface area contributed by atoms with Crippen molar-refractivity contribution in [3.8, 4) is 0 Å². The molecule has 1 atom stereocenters. The molecule has 0 radical (unpaired) electrons. The van der Waals surface area contributed by atoms with Crippen LogP contribution in [0.2, 0.25) is 0 Å². The maximum Gasteiger partial charge on any atom is 0.223 e. The highest BCUT2D eigenvalue weighted by atomic mass is 79.9. The minimum atomic E-state index is -3.01. The van der Waals surface area contributed by atoms with Crippen LogP contribution in [0.4, 0.5) is 0 Å². The molecule has 0 N–H and O–H groups in total. The third-order valence-electron chi connectivity index (χ3n) is 4.23. The first-order valence-electron chi connectivity index (χ1n) is 8.14. The number of carbonyl (C=O) groups is 1. The van der Waals surface area contributed by atoms with Crippen LogP contribution in [0.25, 0.3) is 0 Å². The number of aryl methyl sites for hydroxylation is 1. The third-order valence-corrected chi connectivity index (χ3v) is 6.48.